The second-order valence-corrected chi connectivity index (χ2v) is 19.0. The number of unbranched alkanes of at least 4 members (excludes halogenated alkanes) is 1. The van der Waals surface area contributed by atoms with Crippen molar-refractivity contribution < 1.29 is 4.74 Å². The van der Waals surface area contributed by atoms with E-state index in [0.717, 1.165) is 36.4 Å². The summed E-state index contributed by atoms with van der Waals surface area (Å²) in [4.78, 5) is 2.60. The number of rotatable bonds is 6. The highest BCUT2D eigenvalue weighted by atomic mass is 32.1. The summed E-state index contributed by atoms with van der Waals surface area (Å²) in [7, 11) is 0. The van der Waals surface area contributed by atoms with Gasteiger partial charge in [0.15, 0.2) is 0 Å². The lowest BCUT2D eigenvalue weighted by molar-refractivity contribution is 0.483. The average molecular weight is 805 g/mol. The molecule has 0 N–H and O–H groups in total. The van der Waals surface area contributed by atoms with Gasteiger partial charge >= 0.3 is 0 Å². The predicted molar refractivity (Wildman–Crippen MR) is 262 cm³/mol. The minimum Gasteiger partial charge on any atom is -0.458 e. The van der Waals surface area contributed by atoms with Crippen molar-refractivity contribution in [2.75, 3.05) is 4.90 Å². The summed E-state index contributed by atoms with van der Waals surface area (Å²) in [5, 5.41) is 5.20. The number of thiophene rings is 1. The van der Waals surface area contributed by atoms with Gasteiger partial charge in [-0.3, -0.25) is 0 Å². The third-order valence-electron chi connectivity index (χ3n) is 13.2. The van der Waals surface area contributed by atoms with Gasteiger partial charge in [0.2, 0.25) is 0 Å². The normalized spacial score (nSPS) is 13.2. The van der Waals surface area contributed by atoms with Gasteiger partial charge in [0.05, 0.1) is 16.7 Å². The summed E-state index contributed by atoms with van der Waals surface area (Å²) >= 11 is 1.90. The fourth-order valence-corrected chi connectivity index (χ4v) is 11.3. The molecule has 5 heteroatoms. The summed E-state index contributed by atoms with van der Waals surface area (Å²) in [6.45, 7) is 9.23. The van der Waals surface area contributed by atoms with Crippen LogP contribution >= 0.6 is 11.3 Å². The molecule has 0 bridgehead atoms. The number of para-hydroxylation sites is 2. The molecule has 2 aliphatic heterocycles. The summed E-state index contributed by atoms with van der Waals surface area (Å²) in [5.74, 6) is 1.85. The molecule has 0 spiro atoms. The number of ether oxygens (including phenoxy) is 1. The van der Waals surface area contributed by atoms with Crippen molar-refractivity contribution in [1.29, 1.82) is 0 Å². The molecule has 61 heavy (non-hydrogen) atoms. The van der Waals surface area contributed by atoms with Gasteiger partial charge in [-0.05, 0) is 111 Å². The van der Waals surface area contributed by atoms with Gasteiger partial charge in [0, 0.05) is 54.1 Å². The number of nitrogens with zero attached hydrogens (tertiary/aromatic N) is 2. The summed E-state index contributed by atoms with van der Waals surface area (Å²) < 4.78 is 12.4. The van der Waals surface area contributed by atoms with Crippen LogP contribution in [-0.2, 0) is 11.8 Å². The van der Waals surface area contributed by atoms with Gasteiger partial charge in [-0.25, -0.2) is 0 Å². The van der Waals surface area contributed by atoms with Gasteiger partial charge in [-0.2, -0.15) is 0 Å². The molecule has 2 aromatic heterocycles. The molecule has 0 saturated carbocycles. The summed E-state index contributed by atoms with van der Waals surface area (Å²) in [6, 6.07) is 61.1. The zero-order chi connectivity index (χ0) is 41.0. The van der Waals surface area contributed by atoms with Crippen molar-refractivity contribution in [3.05, 3.63) is 175 Å². The lowest BCUT2D eigenvalue weighted by Gasteiger charge is -2.42. The lowest BCUT2D eigenvalue weighted by Crippen LogP contribution is -2.59. The fraction of sp³-hybridized carbons (Fsp3) is 0.143. The maximum atomic E-state index is 7.30. The Hall–Kier alpha value is -6.56. The van der Waals surface area contributed by atoms with Gasteiger partial charge < -0.3 is 14.2 Å². The van der Waals surface area contributed by atoms with Crippen LogP contribution in [-0.4, -0.2) is 11.3 Å². The van der Waals surface area contributed by atoms with E-state index in [1.807, 2.05) is 11.3 Å². The van der Waals surface area contributed by atoms with E-state index in [-0.39, 0.29) is 12.1 Å². The topological polar surface area (TPSA) is 17.4 Å². The van der Waals surface area contributed by atoms with Crippen LogP contribution in [0.2, 0.25) is 0 Å². The number of hydrogen-bond donors (Lipinski definition) is 0. The number of benzene rings is 8. The Kier molecular flexibility index (Phi) is 8.18. The molecule has 3 nitrogen and oxygen atoms in total. The van der Waals surface area contributed by atoms with Gasteiger partial charge in [0.1, 0.15) is 11.5 Å². The smallest absolute Gasteiger partial charge is 0.256 e. The molecule has 0 saturated heterocycles. The maximum Gasteiger partial charge on any atom is 0.256 e. The Morgan fingerprint density at radius 2 is 1.28 bits per heavy atom. The first kappa shape index (κ1) is 36.3. The highest BCUT2D eigenvalue weighted by Gasteiger charge is 2.43. The van der Waals surface area contributed by atoms with E-state index >= 15 is 0 Å². The molecular formula is C56H45BN2OS. The van der Waals surface area contributed by atoms with Crippen LogP contribution in [0.3, 0.4) is 0 Å². The second kappa shape index (κ2) is 13.7. The number of aryl methyl sites for hydroxylation is 1. The quantitative estimate of drug-likeness (QED) is 0.156. The number of hydrogen-bond acceptors (Lipinski definition) is 3. The van der Waals surface area contributed by atoms with Gasteiger partial charge in [-0.1, -0.05) is 137 Å². The van der Waals surface area contributed by atoms with E-state index in [1.54, 1.807) is 0 Å². The van der Waals surface area contributed by atoms with Crippen LogP contribution in [0.1, 0.15) is 51.7 Å². The van der Waals surface area contributed by atoms with Gasteiger partial charge in [-0.15, -0.1) is 11.3 Å². The summed E-state index contributed by atoms with van der Waals surface area (Å²) in [5.41, 5.74) is 15.9. The van der Waals surface area contributed by atoms with Crippen molar-refractivity contribution in [3.8, 4) is 28.3 Å². The third kappa shape index (κ3) is 5.63. The molecule has 12 rings (SSSR count). The van der Waals surface area contributed by atoms with Crippen molar-refractivity contribution in [2.45, 2.75) is 52.4 Å². The molecule has 0 atom stereocenters. The SMILES string of the molecule is CCCCc1cc2c(cc1N1c3ccc(-c4ccccc4)cc3B3c4ccc(-n5c6ccccc6c6ccccc65)cc4Oc4cc(C(C)(C)C)cc1c43)sc1ccccc12. The Bertz CT molecular complexity index is 3340. The van der Waals surface area contributed by atoms with Crippen LogP contribution in [0.15, 0.2) is 164 Å². The van der Waals surface area contributed by atoms with Crippen LogP contribution in [0, 0.1) is 0 Å². The van der Waals surface area contributed by atoms with E-state index in [9.17, 15) is 0 Å². The third-order valence-corrected chi connectivity index (χ3v) is 14.3. The molecule has 294 valence electrons. The maximum absolute atomic E-state index is 7.30. The average Bonchev–Trinajstić information content (AvgIpc) is 3.82. The van der Waals surface area contributed by atoms with E-state index < -0.39 is 0 Å². The molecule has 0 radical (unpaired) electrons. The zero-order valence-corrected chi connectivity index (χ0v) is 35.8. The minimum absolute atomic E-state index is 0.0305. The first-order valence-electron chi connectivity index (χ1n) is 21.8. The Balaban J connectivity index is 1.13. The molecular weight excluding hydrogens is 760 g/mol. The Morgan fingerprint density at radius 1 is 0.557 bits per heavy atom. The number of anilines is 3. The molecule has 2 aliphatic rings. The molecule has 8 aromatic carbocycles. The van der Waals surface area contributed by atoms with Crippen LogP contribution in [0.4, 0.5) is 17.1 Å². The fourth-order valence-electron chi connectivity index (χ4n) is 10.2. The Labute approximate surface area is 361 Å². The predicted octanol–water partition coefficient (Wildman–Crippen LogP) is 13.9. The van der Waals surface area contributed by atoms with E-state index in [2.05, 4.69) is 201 Å². The van der Waals surface area contributed by atoms with Crippen LogP contribution < -0.4 is 26.0 Å². The highest BCUT2D eigenvalue weighted by Crippen LogP contribution is 2.48. The number of fused-ring (bicyclic) bond motifs is 10. The minimum atomic E-state index is -0.112. The van der Waals surface area contributed by atoms with Crippen molar-refractivity contribution in [1.82, 2.24) is 4.57 Å². The standard InChI is InChI=1S/C56H45BN2OS/c1-5-6-16-37-29-43-42-21-12-15-24-53(42)61-54(43)34-49(37)59-48-28-25-36(35-17-8-7-9-18-35)30-45(48)57-44-27-26-39(58-46-22-13-10-19-40(46)41-20-11-14-23-47(41)58)33-51(44)60-52-32-38(56(2,3)4)31-50(59)55(52)57/h7-15,17-34H,5-6,16H2,1-4H3. The monoisotopic (exact) mass is 804 g/mol. The van der Waals surface area contributed by atoms with E-state index in [1.165, 1.54) is 97.7 Å². The van der Waals surface area contributed by atoms with Crippen molar-refractivity contribution in [2.24, 2.45) is 0 Å². The van der Waals surface area contributed by atoms with Crippen molar-refractivity contribution >= 4 is 93.5 Å². The number of aromatic nitrogens is 1. The molecule has 0 aliphatic carbocycles. The lowest BCUT2D eigenvalue weighted by atomic mass is 9.34. The van der Waals surface area contributed by atoms with Gasteiger partial charge in [0.25, 0.3) is 6.71 Å². The zero-order valence-electron chi connectivity index (χ0n) is 35.0. The molecule has 10 aromatic rings. The largest absolute Gasteiger partial charge is 0.458 e. The molecule has 0 amide bonds. The van der Waals surface area contributed by atoms with E-state index in [4.69, 9.17) is 4.74 Å². The van der Waals surface area contributed by atoms with Crippen LogP contribution in [0.5, 0.6) is 11.5 Å². The first-order valence-corrected chi connectivity index (χ1v) is 22.6. The Morgan fingerprint density at radius 3 is 2.03 bits per heavy atom. The highest BCUT2D eigenvalue weighted by molar-refractivity contribution is 7.25. The van der Waals surface area contributed by atoms with Crippen molar-refractivity contribution in [3.63, 3.8) is 0 Å². The first-order chi connectivity index (χ1) is 29.8. The van der Waals surface area contributed by atoms with Crippen LogP contribution in [0.25, 0.3) is 58.8 Å². The second-order valence-electron chi connectivity index (χ2n) is 17.9. The molecule has 0 unspecified atom stereocenters. The molecule has 4 heterocycles. The molecule has 0 fully saturated rings. The summed E-state index contributed by atoms with van der Waals surface area (Å²) in [6.07, 6.45) is 3.27. The van der Waals surface area contributed by atoms with E-state index in [0.29, 0.717) is 0 Å².